The lowest BCUT2D eigenvalue weighted by Crippen LogP contribution is -2.48. The summed E-state index contributed by atoms with van der Waals surface area (Å²) in [7, 11) is 1.88. The van der Waals surface area contributed by atoms with Gasteiger partial charge in [0.25, 0.3) is 0 Å². The Morgan fingerprint density at radius 1 is 1.33 bits per heavy atom. The van der Waals surface area contributed by atoms with E-state index in [1.54, 1.807) is 0 Å². The molecule has 1 aromatic carbocycles. The summed E-state index contributed by atoms with van der Waals surface area (Å²) >= 11 is 3.47. The quantitative estimate of drug-likeness (QED) is 0.757. The van der Waals surface area contributed by atoms with Gasteiger partial charge in [-0.3, -0.25) is 4.79 Å². The van der Waals surface area contributed by atoms with E-state index >= 15 is 0 Å². The third-order valence-electron chi connectivity index (χ3n) is 3.47. The van der Waals surface area contributed by atoms with E-state index < -0.39 is 0 Å². The number of hydrogen-bond donors (Lipinski definition) is 0. The van der Waals surface area contributed by atoms with Crippen LogP contribution in [0.4, 0.5) is 0 Å². The van der Waals surface area contributed by atoms with E-state index in [2.05, 4.69) is 36.7 Å². The van der Waals surface area contributed by atoms with Gasteiger partial charge < -0.3 is 4.90 Å². The van der Waals surface area contributed by atoms with Crippen LogP contribution in [0, 0.1) is 0 Å². The predicted molar refractivity (Wildman–Crippen MR) is 80.1 cm³/mol. The first kappa shape index (κ1) is 15.2. The second kappa shape index (κ2) is 6.37. The molecule has 100 valence electrons. The summed E-state index contributed by atoms with van der Waals surface area (Å²) in [6, 6.07) is 10.0. The topological polar surface area (TPSA) is 20.3 Å². The van der Waals surface area contributed by atoms with Crippen molar-refractivity contribution in [3.8, 4) is 0 Å². The van der Waals surface area contributed by atoms with Gasteiger partial charge >= 0.3 is 0 Å². The molecule has 0 heterocycles. The van der Waals surface area contributed by atoms with Crippen LogP contribution in [-0.4, -0.2) is 28.7 Å². The molecule has 3 heteroatoms. The maximum Gasteiger partial charge on any atom is 0.230 e. The molecular formula is C15H22BrNO. The zero-order valence-electron chi connectivity index (χ0n) is 11.6. The molecule has 1 unspecified atom stereocenters. The van der Waals surface area contributed by atoms with Gasteiger partial charge in [-0.05, 0) is 25.8 Å². The average molecular weight is 312 g/mol. The zero-order chi connectivity index (χ0) is 13.8. The number of rotatable bonds is 5. The number of carbonyl (C=O) groups is 1. The van der Waals surface area contributed by atoms with Gasteiger partial charge in [-0.1, -0.05) is 53.2 Å². The van der Waals surface area contributed by atoms with E-state index in [1.165, 1.54) is 0 Å². The van der Waals surface area contributed by atoms with Crippen LogP contribution in [0.1, 0.15) is 38.7 Å². The Balaban J connectivity index is 2.94. The normalized spacial score (nSPS) is 13.2. The number of alkyl halides is 1. The molecule has 0 bridgehead atoms. The number of nitrogens with zero attached hydrogens (tertiary/aromatic N) is 1. The zero-order valence-corrected chi connectivity index (χ0v) is 13.2. The predicted octanol–water partition coefficient (Wildman–Crippen LogP) is 3.81. The minimum Gasteiger partial charge on any atom is -0.339 e. The highest BCUT2D eigenvalue weighted by atomic mass is 79.9. The Bertz CT molecular complexity index is 389. The Hall–Kier alpha value is -0.830. The van der Waals surface area contributed by atoms with Crippen LogP contribution >= 0.6 is 15.9 Å². The Morgan fingerprint density at radius 3 is 2.33 bits per heavy atom. The average Bonchev–Trinajstić information content (AvgIpc) is 2.39. The third kappa shape index (κ3) is 3.35. The summed E-state index contributed by atoms with van der Waals surface area (Å²) in [6.07, 6.45) is 0.825. The van der Waals surface area contributed by atoms with Crippen LogP contribution in [-0.2, 0) is 4.79 Å². The van der Waals surface area contributed by atoms with Crippen LogP contribution in [0.3, 0.4) is 0 Å². The fourth-order valence-electron chi connectivity index (χ4n) is 1.86. The van der Waals surface area contributed by atoms with E-state index in [0.717, 1.165) is 17.3 Å². The monoisotopic (exact) mass is 311 g/mol. The molecule has 0 aromatic heterocycles. The number of likely N-dealkylation sites (N-methyl/N-ethyl adjacent to an activating group) is 1. The SMILES string of the molecule is CCC(C(=O)N(C)C(C)(C)CBr)c1ccccc1. The van der Waals surface area contributed by atoms with Crippen molar-refractivity contribution in [1.82, 2.24) is 4.90 Å². The van der Waals surface area contributed by atoms with Crippen LogP contribution in [0.15, 0.2) is 30.3 Å². The lowest BCUT2D eigenvalue weighted by atomic mass is 9.93. The van der Waals surface area contributed by atoms with Crippen molar-refractivity contribution in [3.05, 3.63) is 35.9 Å². The molecule has 0 N–H and O–H groups in total. The largest absolute Gasteiger partial charge is 0.339 e. The van der Waals surface area contributed by atoms with Gasteiger partial charge in [-0.15, -0.1) is 0 Å². The molecule has 0 saturated heterocycles. The number of carbonyl (C=O) groups excluding carboxylic acids is 1. The van der Waals surface area contributed by atoms with Crippen LogP contribution in [0.5, 0.6) is 0 Å². The minimum absolute atomic E-state index is 0.0467. The molecular weight excluding hydrogens is 290 g/mol. The van der Waals surface area contributed by atoms with E-state index in [1.807, 2.05) is 42.3 Å². The summed E-state index contributed by atoms with van der Waals surface area (Å²) < 4.78 is 0. The first-order valence-corrected chi connectivity index (χ1v) is 7.44. The molecule has 1 aromatic rings. The standard InChI is InChI=1S/C15H22BrNO/c1-5-13(12-9-7-6-8-10-12)14(18)17(4)15(2,3)11-16/h6-10,13H,5,11H2,1-4H3. The minimum atomic E-state index is -0.167. The van der Waals surface area contributed by atoms with E-state index in [-0.39, 0.29) is 17.4 Å². The van der Waals surface area contributed by atoms with Gasteiger partial charge in [-0.2, -0.15) is 0 Å². The number of halogens is 1. The molecule has 0 aliphatic heterocycles. The van der Waals surface area contributed by atoms with Crippen LogP contribution < -0.4 is 0 Å². The number of amides is 1. The van der Waals surface area contributed by atoms with Crippen LogP contribution in [0.25, 0.3) is 0 Å². The Labute approximate surface area is 119 Å². The third-order valence-corrected chi connectivity index (χ3v) is 4.85. The Morgan fingerprint density at radius 2 is 1.89 bits per heavy atom. The fraction of sp³-hybridized carbons (Fsp3) is 0.533. The van der Waals surface area contributed by atoms with Crippen molar-refractivity contribution in [1.29, 1.82) is 0 Å². The van der Waals surface area contributed by atoms with E-state index in [0.29, 0.717) is 0 Å². The van der Waals surface area contributed by atoms with Crippen molar-refractivity contribution in [3.63, 3.8) is 0 Å². The van der Waals surface area contributed by atoms with Crippen molar-refractivity contribution in [2.45, 2.75) is 38.6 Å². The van der Waals surface area contributed by atoms with Gasteiger partial charge in [0, 0.05) is 17.9 Å². The first-order chi connectivity index (χ1) is 8.44. The molecule has 0 aliphatic rings. The molecule has 1 rings (SSSR count). The van der Waals surface area contributed by atoms with Crippen molar-refractivity contribution >= 4 is 21.8 Å². The summed E-state index contributed by atoms with van der Waals surface area (Å²) in [5.41, 5.74) is 0.932. The van der Waals surface area contributed by atoms with Gasteiger partial charge in [0.2, 0.25) is 5.91 Å². The summed E-state index contributed by atoms with van der Waals surface area (Å²) in [5, 5.41) is 0.771. The lowest BCUT2D eigenvalue weighted by molar-refractivity contribution is -0.135. The van der Waals surface area contributed by atoms with Crippen molar-refractivity contribution < 1.29 is 4.79 Å². The maximum absolute atomic E-state index is 12.6. The highest BCUT2D eigenvalue weighted by Gasteiger charge is 2.31. The highest BCUT2D eigenvalue weighted by molar-refractivity contribution is 9.09. The smallest absolute Gasteiger partial charge is 0.230 e. The molecule has 0 aliphatic carbocycles. The molecule has 1 atom stereocenters. The molecule has 1 amide bonds. The van der Waals surface area contributed by atoms with Gasteiger partial charge in [0.05, 0.1) is 5.92 Å². The second-order valence-corrected chi connectivity index (χ2v) is 5.78. The van der Waals surface area contributed by atoms with Crippen molar-refractivity contribution in [2.75, 3.05) is 12.4 Å². The first-order valence-electron chi connectivity index (χ1n) is 6.32. The summed E-state index contributed by atoms with van der Waals surface area (Å²) in [4.78, 5) is 14.4. The molecule has 0 radical (unpaired) electrons. The molecule has 0 fully saturated rings. The summed E-state index contributed by atoms with van der Waals surface area (Å²) in [5.74, 6) is 0.141. The molecule has 2 nitrogen and oxygen atoms in total. The van der Waals surface area contributed by atoms with Gasteiger partial charge in [0.15, 0.2) is 0 Å². The molecule has 0 saturated carbocycles. The van der Waals surface area contributed by atoms with E-state index in [9.17, 15) is 4.79 Å². The highest BCUT2D eigenvalue weighted by Crippen LogP contribution is 2.25. The maximum atomic E-state index is 12.6. The van der Waals surface area contributed by atoms with Gasteiger partial charge in [-0.25, -0.2) is 0 Å². The summed E-state index contributed by atoms with van der Waals surface area (Å²) in [6.45, 7) is 6.19. The van der Waals surface area contributed by atoms with Gasteiger partial charge in [0.1, 0.15) is 0 Å². The number of hydrogen-bond acceptors (Lipinski definition) is 1. The fourth-order valence-corrected chi connectivity index (χ4v) is 2.24. The Kier molecular flexibility index (Phi) is 5.39. The van der Waals surface area contributed by atoms with Crippen molar-refractivity contribution in [2.24, 2.45) is 0 Å². The lowest BCUT2D eigenvalue weighted by Gasteiger charge is -2.36. The number of benzene rings is 1. The van der Waals surface area contributed by atoms with E-state index in [4.69, 9.17) is 0 Å². The molecule has 0 spiro atoms. The molecule has 18 heavy (non-hydrogen) atoms. The second-order valence-electron chi connectivity index (χ2n) is 5.21. The van der Waals surface area contributed by atoms with Crippen LogP contribution in [0.2, 0.25) is 0 Å².